The molecule has 1 aromatic rings. The van der Waals surface area contributed by atoms with Crippen molar-refractivity contribution in [3.05, 3.63) is 5.69 Å². The van der Waals surface area contributed by atoms with Gasteiger partial charge in [-0.25, -0.2) is 0 Å². The van der Waals surface area contributed by atoms with E-state index in [1.165, 1.54) is 0 Å². The number of hydrogen-bond donors (Lipinski definition) is 1. The van der Waals surface area contributed by atoms with Crippen molar-refractivity contribution in [1.82, 2.24) is 8.75 Å². The highest BCUT2D eigenvalue weighted by Gasteiger charge is 2.03. The van der Waals surface area contributed by atoms with Gasteiger partial charge < -0.3 is 5.11 Å². The lowest BCUT2D eigenvalue weighted by Gasteiger charge is -1.91. The van der Waals surface area contributed by atoms with Crippen LogP contribution in [0.25, 0.3) is 0 Å². The molecule has 1 aromatic heterocycles. The minimum atomic E-state index is 0.0963. The van der Waals surface area contributed by atoms with E-state index in [1.807, 2.05) is 6.26 Å². The average Bonchev–Trinajstić information content (AvgIpc) is 2.31. The van der Waals surface area contributed by atoms with Crippen LogP contribution in [0.3, 0.4) is 0 Å². The summed E-state index contributed by atoms with van der Waals surface area (Å²) in [6, 6.07) is 0. The van der Waals surface area contributed by atoms with Crippen LogP contribution in [0.4, 0.5) is 0 Å². The predicted octanol–water partition coefficient (Wildman–Crippen LogP) is 1.15. The fraction of sp³-hybridized carbons (Fsp3) is 0.600. The molecule has 0 unspecified atom stereocenters. The third-order valence-electron chi connectivity index (χ3n) is 1.08. The second kappa shape index (κ2) is 3.78. The van der Waals surface area contributed by atoms with Crippen molar-refractivity contribution in [3.8, 4) is 5.88 Å². The Kier molecular flexibility index (Phi) is 2.95. The zero-order chi connectivity index (χ0) is 7.40. The number of aryl methyl sites for hydroxylation is 1. The van der Waals surface area contributed by atoms with Gasteiger partial charge >= 0.3 is 0 Å². The molecule has 0 saturated heterocycles. The third-order valence-corrected chi connectivity index (χ3v) is 2.25. The van der Waals surface area contributed by atoms with Crippen LogP contribution in [0.15, 0.2) is 0 Å². The quantitative estimate of drug-likeness (QED) is 0.750. The zero-order valence-electron chi connectivity index (χ0n) is 5.57. The summed E-state index contributed by atoms with van der Waals surface area (Å²) in [4.78, 5) is 0. The third kappa shape index (κ3) is 1.85. The molecule has 0 atom stereocenters. The fourth-order valence-corrected chi connectivity index (χ4v) is 1.45. The number of nitrogens with zero attached hydrogens (tertiary/aromatic N) is 2. The number of rotatable bonds is 3. The predicted molar refractivity (Wildman–Crippen MR) is 43.7 cm³/mol. The lowest BCUT2D eigenvalue weighted by atomic mass is 10.4. The molecule has 0 amide bonds. The molecule has 0 spiro atoms. The van der Waals surface area contributed by atoms with Crippen molar-refractivity contribution < 1.29 is 5.11 Å². The number of hydrogen-bond acceptors (Lipinski definition) is 5. The van der Waals surface area contributed by atoms with Crippen LogP contribution in [-0.4, -0.2) is 25.9 Å². The van der Waals surface area contributed by atoms with E-state index < -0.39 is 0 Å². The van der Waals surface area contributed by atoms with Gasteiger partial charge in [0.15, 0.2) is 0 Å². The van der Waals surface area contributed by atoms with Crippen molar-refractivity contribution in [3.63, 3.8) is 0 Å². The standard InChI is InChI=1S/C5H8N2OS2/c1-9-3-2-4-5(8)7-10-6-4/h2-3H2,1H3,(H,7,8). The Labute approximate surface area is 67.8 Å². The van der Waals surface area contributed by atoms with E-state index in [9.17, 15) is 0 Å². The molecule has 10 heavy (non-hydrogen) atoms. The maximum atomic E-state index is 9.00. The molecule has 0 aliphatic carbocycles. The second-order valence-electron chi connectivity index (χ2n) is 1.78. The lowest BCUT2D eigenvalue weighted by molar-refractivity contribution is 0.452. The monoisotopic (exact) mass is 176 g/mol. The fourth-order valence-electron chi connectivity index (χ4n) is 0.558. The molecule has 0 fully saturated rings. The normalized spacial score (nSPS) is 10.1. The molecule has 1 heterocycles. The number of aromatic nitrogens is 2. The Bertz CT molecular complexity index is 201. The SMILES string of the molecule is CSCCc1nsnc1O. The van der Waals surface area contributed by atoms with Crippen molar-refractivity contribution in [1.29, 1.82) is 0 Å². The molecule has 0 aliphatic rings. The van der Waals surface area contributed by atoms with Crippen molar-refractivity contribution >= 4 is 23.5 Å². The summed E-state index contributed by atoms with van der Waals surface area (Å²) in [5.41, 5.74) is 0.722. The first kappa shape index (κ1) is 7.81. The molecule has 56 valence electrons. The van der Waals surface area contributed by atoms with Gasteiger partial charge in [-0.3, -0.25) is 0 Å². The van der Waals surface area contributed by atoms with E-state index in [2.05, 4.69) is 8.75 Å². The number of aromatic hydroxyl groups is 1. The summed E-state index contributed by atoms with van der Waals surface area (Å²) in [7, 11) is 0. The van der Waals surface area contributed by atoms with Crippen LogP contribution in [0.2, 0.25) is 0 Å². The van der Waals surface area contributed by atoms with Gasteiger partial charge in [-0.15, -0.1) is 4.37 Å². The van der Waals surface area contributed by atoms with Crippen molar-refractivity contribution in [2.75, 3.05) is 12.0 Å². The molecule has 0 aliphatic heterocycles. The zero-order valence-corrected chi connectivity index (χ0v) is 7.21. The highest BCUT2D eigenvalue weighted by Crippen LogP contribution is 2.14. The topological polar surface area (TPSA) is 46.0 Å². The highest BCUT2D eigenvalue weighted by molar-refractivity contribution is 7.98. The van der Waals surface area contributed by atoms with Gasteiger partial charge in [-0.1, -0.05) is 0 Å². The molecular weight excluding hydrogens is 168 g/mol. The van der Waals surface area contributed by atoms with E-state index >= 15 is 0 Å². The smallest absolute Gasteiger partial charge is 0.246 e. The first-order valence-electron chi connectivity index (χ1n) is 2.84. The minimum absolute atomic E-state index is 0.0963. The van der Waals surface area contributed by atoms with Gasteiger partial charge in [0.05, 0.1) is 11.7 Å². The van der Waals surface area contributed by atoms with Gasteiger partial charge in [-0.05, 0) is 12.0 Å². The maximum Gasteiger partial charge on any atom is 0.246 e. The van der Waals surface area contributed by atoms with Gasteiger partial charge in [0, 0.05) is 6.42 Å². The molecule has 0 saturated carbocycles. The van der Waals surface area contributed by atoms with Crippen molar-refractivity contribution in [2.45, 2.75) is 6.42 Å². The molecule has 3 nitrogen and oxygen atoms in total. The molecule has 0 aromatic carbocycles. The maximum absolute atomic E-state index is 9.00. The summed E-state index contributed by atoms with van der Waals surface area (Å²) in [5.74, 6) is 1.08. The first-order chi connectivity index (χ1) is 4.84. The van der Waals surface area contributed by atoms with Crippen molar-refractivity contribution in [2.24, 2.45) is 0 Å². The summed E-state index contributed by atoms with van der Waals surface area (Å²) in [6.45, 7) is 0. The largest absolute Gasteiger partial charge is 0.491 e. The second-order valence-corrected chi connectivity index (χ2v) is 3.29. The summed E-state index contributed by atoms with van der Waals surface area (Å²) in [6.07, 6.45) is 2.83. The van der Waals surface area contributed by atoms with Gasteiger partial charge in [0.1, 0.15) is 5.69 Å². The highest BCUT2D eigenvalue weighted by atomic mass is 32.2. The molecule has 0 radical (unpaired) electrons. The van der Waals surface area contributed by atoms with E-state index in [-0.39, 0.29) is 5.88 Å². The molecule has 5 heteroatoms. The lowest BCUT2D eigenvalue weighted by Crippen LogP contribution is -1.87. The Morgan fingerprint density at radius 2 is 2.40 bits per heavy atom. The van der Waals surface area contributed by atoms with Crippen LogP contribution in [0.1, 0.15) is 5.69 Å². The van der Waals surface area contributed by atoms with E-state index in [4.69, 9.17) is 5.11 Å². The van der Waals surface area contributed by atoms with E-state index in [0.29, 0.717) is 0 Å². The molecule has 1 N–H and O–H groups in total. The summed E-state index contributed by atoms with van der Waals surface area (Å²) >= 11 is 2.79. The Morgan fingerprint density at radius 1 is 1.60 bits per heavy atom. The number of thioether (sulfide) groups is 1. The van der Waals surface area contributed by atoms with Crippen LogP contribution < -0.4 is 0 Å². The molecule has 0 bridgehead atoms. The Morgan fingerprint density at radius 3 is 2.90 bits per heavy atom. The van der Waals surface area contributed by atoms with E-state index in [1.54, 1.807) is 11.8 Å². The summed E-state index contributed by atoms with van der Waals surface area (Å²) < 4.78 is 7.57. The minimum Gasteiger partial charge on any atom is -0.491 e. The van der Waals surface area contributed by atoms with Crippen LogP contribution in [0.5, 0.6) is 5.88 Å². The molecular formula is C5H8N2OS2. The van der Waals surface area contributed by atoms with Crippen LogP contribution in [-0.2, 0) is 6.42 Å². The Hall–Kier alpha value is -0.290. The van der Waals surface area contributed by atoms with Crippen LogP contribution >= 0.6 is 23.5 Å². The van der Waals surface area contributed by atoms with E-state index in [0.717, 1.165) is 29.6 Å². The molecule has 1 rings (SSSR count). The van der Waals surface area contributed by atoms with Gasteiger partial charge in [0.2, 0.25) is 5.88 Å². The van der Waals surface area contributed by atoms with Crippen LogP contribution in [0, 0.1) is 0 Å². The Balaban J connectivity index is 2.49. The summed E-state index contributed by atoms with van der Waals surface area (Å²) in [5, 5.41) is 9.00. The average molecular weight is 176 g/mol. The van der Waals surface area contributed by atoms with Gasteiger partial charge in [0.25, 0.3) is 0 Å². The first-order valence-corrected chi connectivity index (χ1v) is 4.96. The van der Waals surface area contributed by atoms with Gasteiger partial charge in [-0.2, -0.15) is 16.1 Å².